The lowest BCUT2D eigenvalue weighted by atomic mass is 10.1. The van der Waals surface area contributed by atoms with E-state index in [1.807, 2.05) is 55.5 Å². The third-order valence-corrected chi connectivity index (χ3v) is 3.10. The number of aromatic nitrogens is 2. The largest absolute Gasteiger partial charge is 0.324 e. The van der Waals surface area contributed by atoms with E-state index in [2.05, 4.69) is 15.3 Å². The number of aromatic amines is 1. The van der Waals surface area contributed by atoms with Gasteiger partial charge in [-0.25, -0.2) is 4.98 Å². The van der Waals surface area contributed by atoms with E-state index in [0.29, 0.717) is 12.4 Å². The molecule has 1 heterocycles. The van der Waals surface area contributed by atoms with Gasteiger partial charge in [0.1, 0.15) is 0 Å². The smallest absolute Gasteiger partial charge is 0.231 e. The summed E-state index contributed by atoms with van der Waals surface area (Å²) in [6.45, 7) is 2.02. The van der Waals surface area contributed by atoms with Gasteiger partial charge in [0.15, 0.2) is 0 Å². The van der Waals surface area contributed by atoms with Crippen molar-refractivity contribution in [3.63, 3.8) is 0 Å². The van der Waals surface area contributed by atoms with Crippen LogP contribution >= 0.6 is 0 Å². The number of fused-ring (bicyclic) bond motifs is 1. The first-order chi connectivity index (χ1) is 9.70. The van der Waals surface area contributed by atoms with Gasteiger partial charge in [-0.1, -0.05) is 36.4 Å². The van der Waals surface area contributed by atoms with Crippen molar-refractivity contribution >= 4 is 22.9 Å². The normalized spacial score (nSPS) is 10.7. The fourth-order valence-electron chi connectivity index (χ4n) is 2.14. The zero-order valence-corrected chi connectivity index (χ0v) is 11.2. The van der Waals surface area contributed by atoms with E-state index in [-0.39, 0.29) is 7.33 Å². The number of hydrogen-bond donors (Lipinski definition) is 2. The molecule has 3 aromatic rings. The minimum absolute atomic E-state index is 0. The summed E-state index contributed by atoms with van der Waals surface area (Å²) in [6.07, 6.45) is 0.344. The molecule has 0 atom stereocenters. The first-order valence-corrected chi connectivity index (χ1v) is 6.51. The van der Waals surface area contributed by atoms with Crippen LogP contribution in [0, 0.1) is 6.92 Å². The number of hydrogen-bond acceptors (Lipinski definition) is 2. The number of carbonyl (C=O) groups excluding carboxylic acids is 1. The molecule has 0 saturated heterocycles. The standard InChI is InChI=1S/C16H15N3O.H2/c1-11-7-8-13-14(9-11)18-16(17-13)19-15(20)10-12-5-3-2-4-6-12;/h2-9H,10H2,1H3,(H2,17,18,19,20);1H. The summed E-state index contributed by atoms with van der Waals surface area (Å²) in [5, 5.41) is 2.79. The monoisotopic (exact) mass is 267 g/mol. The average molecular weight is 267 g/mol. The predicted molar refractivity (Wildman–Crippen MR) is 81.7 cm³/mol. The molecule has 1 amide bonds. The maximum absolute atomic E-state index is 12.0. The summed E-state index contributed by atoms with van der Waals surface area (Å²) in [4.78, 5) is 19.4. The van der Waals surface area contributed by atoms with Gasteiger partial charge in [-0.05, 0) is 30.2 Å². The minimum atomic E-state index is -0.0769. The first kappa shape index (κ1) is 12.4. The highest BCUT2D eigenvalue weighted by molar-refractivity contribution is 5.92. The predicted octanol–water partition coefficient (Wildman–Crippen LogP) is 3.30. The maximum atomic E-state index is 12.0. The van der Waals surface area contributed by atoms with E-state index in [4.69, 9.17) is 0 Å². The van der Waals surface area contributed by atoms with Crippen LogP contribution in [-0.4, -0.2) is 15.9 Å². The molecule has 0 spiro atoms. The van der Waals surface area contributed by atoms with Crippen molar-refractivity contribution in [1.82, 2.24) is 9.97 Å². The van der Waals surface area contributed by atoms with E-state index in [0.717, 1.165) is 22.2 Å². The number of carbonyl (C=O) groups is 1. The Morgan fingerprint density at radius 2 is 2.05 bits per heavy atom. The van der Waals surface area contributed by atoms with Crippen molar-refractivity contribution in [2.45, 2.75) is 13.3 Å². The molecular formula is C16H17N3O. The second-order valence-corrected chi connectivity index (χ2v) is 4.82. The number of anilines is 1. The molecule has 102 valence electrons. The van der Waals surface area contributed by atoms with Crippen molar-refractivity contribution in [1.29, 1.82) is 0 Å². The third-order valence-electron chi connectivity index (χ3n) is 3.10. The molecule has 0 saturated carbocycles. The third kappa shape index (κ3) is 2.69. The zero-order valence-electron chi connectivity index (χ0n) is 11.2. The Kier molecular flexibility index (Phi) is 3.21. The highest BCUT2D eigenvalue weighted by atomic mass is 16.1. The molecular weight excluding hydrogens is 250 g/mol. The van der Waals surface area contributed by atoms with E-state index >= 15 is 0 Å². The van der Waals surface area contributed by atoms with Gasteiger partial charge < -0.3 is 4.98 Å². The molecule has 0 radical (unpaired) electrons. The molecule has 0 aliphatic heterocycles. The Labute approximate surface area is 118 Å². The second kappa shape index (κ2) is 5.17. The SMILES string of the molecule is Cc1ccc2nc(NC(=O)Cc3ccccc3)[nH]c2c1.[HH]. The fraction of sp³-hybridized carbons (Fsp3) is 0.125. The molecule has 1 aromatic heterocycles. The van der Waals surface area contributed by atoms with Gasteiger partial charge in [0.05, 0.1) is 17.5 Å². The summed E-state index contributed by atoms with van der Waals surface area (Å²) in [5.74, 6) is 0.415. The van der Waals surface area contributed by atoms with Crippen LogP contribution in [0.2, 0.25) is 0 Å². The number of amides is 1. The number of aryl methyl sites for hydroxylation is 1. The van der Waals surface area contributed by atoms with Crippen molar-refractivity contribution in [2.24, 2.45) is 0 Å². The molecule has 0 unspecified atom stereocenters. The van der Waals surface area contributed by atoms with Crippen LogP contribution in [-0.2, 0) is 11.2 Å². The van der Waals surface area contributed by atoms with Crippen molar-refractivity contribution in [3.8, 4) is 0 Å². The molecule has 20 heavy (non-hydrogen) atoms. The van der Waals surface area contributed by atoms with Crippen LogP contribution in [0.15, 0.2) is 48.5 Å². The first-order valence-electron chi connectivity index (χ1n) is 6.51. The van der Waals surface area contributed by atoms with Crippen molar-refractivity contribution < 1.29 is 6.22 Å². The van der Waals surface area contributed by atoms with Gasteiger partial charge >= 0.3 is 0 Å². The molecule has 4 nitrogen and oxygen atoms in total. The summed E-state index contributed by atoms with van der Waals surface area (Å²) >= 11 is 0. The molecule has 0 aliphatic carbocycles. The highest BCUT2D eigenvalue weighted by Crippen LogP contribution is 2.15. The van der Waals surface area contributed by atoms with Gasteiger partial charge in [-0.2, -0.15) is 0 Å². The van der Waals surface area contributed by atoms with Gasteiger partial charge in [-0.3, -0.25) is 10.1 Å². The topological polar surface area (TPSA) is 57.8 Å². The molecule has 3 rings (SSSR count). The molecule has 0 aliphatic rings. The number of imidazole rings is 1. The molecule has 2 aromatic carbocycles. The lowest BCUT2D eigenvalue weighted by Gasteiger charge is -2.01. The second-order valence-electron chi connectivity index (χ2n) is 4.82. The number of rotatable bonds is 3. The Morgan fingerprint density at radius 1 is 1.25 bits per heavy atom. The number of nitrogens with zero attached hydrogens (tertiary/aromatic N) is 1. The summed E-state index contributed by atoms with van der Waals surface area (Å²) in [5.41, 5.74) is 3.92. The Bertz CT molecular complexity index is 753. The lowest BCUT2D eigenvalue weighted by Crippen LogP contribution is -2.15. The summed E-state index contributed by atoms with van der Waals surface area (Å²) in [6, 6.07) is 15.6. The van der Waals surface area contributed by atoms with E-state index < -0.39 is 0 Å². The summed E-state index contributed by atoms with van der Waals surface area (Å²) in [7, 11) is 0. The van der Waals surface area contributed by atoms with Crippen LogP contribution in [0.25, 0.3) is 11.0 Å². The van der Waals surface area contributed by atoms with Crippen molar-refractivity contribution in [2.75, 3.05) is 5.32 Å². The number of H-pyrrole nitrogens is 1. The number of nitrogens with one attached hydrogen (secondary N) is 2. The van der Waals surface area contributed by atoms with E-state index in [9.17, 15) is 4.79 Å². The Morgan fingerprint density at radius 3 is 2.85 bits per heavy atom. The van der Waals surface area contributed by atoms with Crippen LogP contribution in [0.3, 0.4) is 0 Å². The fourth-order valence-corrected chi connectivity index (χ4v) is 2.14. The van der Waals surface area contributed by atoms with Crippen LogP contribution in [0.4, 0.5) is 5.95 Å². The number of benzene rings is 2. The van der Waals surface area contributed by atoms with Crippen molar-refractivity contribution in [3.05, 3.63) is 59.7 Å². The van der Waals surface area contributed by atoms with Crippen LogP contribution < -0.4 is 5.32 Å². The maximum Gasteiger partial charge on any atom is 0.231 e. The minimum Gasteiger partial charge on any atom is -0.324 e. The Hall–Kier alpha value is -2.62. The van der Waals surface area contributed by atoms with Gasteiger partial charge in [0.25, 0.3) is 0 Å². The van der Waals surface area contributed by atoms with Gasteiger partial charge in [0, 0.05) is 1.43 Å². The van der Waals surface area contributed by atoms with Crippen LogP contribution in [0.1, 0.15) is 12.6 Å². The zero-order chi connectivity index (χ0) is 13.9. The van der Waals surface area contributed by atoms with Crippen LogP contribution in [0.5, 0.6) is 0 Å². The van der Waals surface area contributed by atoms with Gasteiger partial charge in [-0.15, -0.1) is 0 Å². The average Bonchev–Trinajstić information content (AvgIpc) is 2.80. The molecule has 0 bridgehead atoms. The molecule has 2 N–H and O–H groups in total. The van der Waals surface area contributed by atoms with E-state index in [1.165, 1.54) is 0 Å². The quantitative estimate of drug-likeness (QED) is 0.765. The molecule has 0 fully saturated rings. The van der Waals surface area contributed by atoms with E-state index in [1.54, 1.807) is 0 Å². The summed E-state index contributed by atoms with van der Waals surface area (Å²) < 4.78 is 0. The van der Waals surface area contributed by atoms with Gasteiger partial charge in [0.2, 0.25) is 11.9 Å². The lowest BCUT2D eigenvalue weighted by molar-refractivity contribution is -0.115. The Balaban J connectivity index is 0.00000161. The highest BCUT2D eigenvalue weighted by Gasteiger charge is 2.07. The molecule has 4 heteroatoms.